The van der Waals surface area contributed by atoms with E-state index in [4.69, 9.17) is 14.4 Å². The second-order valence-corrected chi connectivity index (χ2v) is 6.15. The number of aromatic nitrogens is 1. The lowest BCUT2D eigenvalue weighted by Crippen LogP contribution is -2.52. The van der Waals surface area contributed by atoms with Crippen molar-refractivity contribution in [1.82, 2.24) is 9.46 Å². The van der Waals surface area contributed by atoms with Gasteiger partial charge < -0.3 is 14.4 Å². The summed E-state index contributed by atoms with van der Waals surface area (Å²) in [5, 5.41) is 12.6. The third-order valence-corrected chi connectivity index (χ3v) is 4.54. The molecule has 0 aliphatic carbocycles. The number of hydrogen-bond acceptors (Lipinski definition) is 6. The van der Waals surface area contributed by atoms with Crippen LogP contribution in [0.15, 0.2) is 10.6 Å². The van der Waals surface area contributed by atoms with E-state index < -0.39 is 22.0 Å². The van der Waals surface area contributed by atoms with Gasteiger partial charge in [-0.05, 0) is 6.92 Å². The number of ether oxygens (including phenoxy) is 1. The molecule has 1 aliphatic rings. The first kappa shape index (κ1) is 14.0. The molecule has 19 heavy (non-hydrogen) atoms. The van der Waals surface area contributed by atoms with E-state index in [2.05, 4.69) is 5.16 Å². The van der Waals surface area contributed by atoms with E-state index in [1.165, 1.54) is 6.07 Å². The number of sulfonamides is 1. The molecular formula is C10H14N2O6S. The Bertz CT molecular complexity index is 566. The van der Waals surface area contributed by atoms with Crippen molar-refractivity contribution in [3.63, 3.8) is 0 Å². The first-order valence-electron chi connectivity index (χ1n) is 5.62. The van der Waals surface area contributed by atoms with Crippen molar-refractivity contribution in [1.29, 1.82) is 0 Å². The van der Waals surface area contributed by atoms with Gasteiger partial charge >= 0.3 is 5.97 Å². The van der Waals surface area contributed by atoms with Crippen LogP contribution in [-0.4, -0.2) is 54.8 Å². The van der Waals surface area contributed by atoms with E-state index in [9.17, 15) is 13.2 Å². The molecule has 2 heterocycles. The summed E-state index contributed by atoms with van der Waals surface area (Å²) in [6, 6.07) is 0.320. The normalized spacial score (nSPS) is 21.4. The van der Waals surface area contributed by atoms with E-state index in [1.807, 2.05) is 0 Å². The molecule has 1 fully saturated rings. The molecule has 106 valence electrons. The second-order valence-electron chi connectivity index (χ2n) is 4.22. The monoisotopic (exact) mass is 290 g/mol. The van der Waals surface area contributed by atoms with Crippen molar-refractivity contribution >= 4 is 16.0 Å². The van der Waals surface area contributed by atoms with Gasteiger partial charge in [0.1, 0.15) is 23.2 Å². The zero-order valence-corrected chi connectivity index (χ0v) is 11.1. The van der Waals surface area contributed by atoms with Crippen molar-refractivity contribution in [2.24, 2.45) is 0 Å². The molecule has 2 rings (SSSR count). The van der Waals surface area contributed by atoms with Gasteiger partial charge in [-0.25, -0.2) is 8.42 Å². The molecule has 0 spiro atoms. The summed E-state index contributed by atoms with van der Waals surface area (Å²) in [6.45, 7) is 1.71. The fraction of sp³-hybridized carbons (Fsp3) is 0.600. The average Bonchev–Trinajstić information content (AvgIpc) is 2.74. The molecular weight excluding hydrogens is 276 g/mol. The van der Waals surface area contributed by atoms with Gasteiger partial charge in [0.15, 0.2) is 0 Å². The number of morpholine rings is 1. The Balaban J connectivity index is 2.19. The summed E-state index contributed by atoms with van der Waals surface area (Å²) < 4.78 is 35.2. The van der Waals surface area contributed by atoms with E-state index in [-0.39, 0.29) is 31.2 Å². The summed E-state index contributed by atoms with van der Waals surface area (Å²) in [4.78, 5) is 11.0. The number of carboxylic acid groups (broad SMARTS) is 1. The van der Waals surface area contributed by atoms with Crippen LogP contribution in [0.2, 0.25) is 0 Å². The van der Waals surface area contributed by atoms with Crippen molar-refractivity contribution in [2.45, 2.75) is 18.7 Å². The molecule has 1 saturated heterocycles. The molecule has 0 bridgehead atoms. The van der Waals surface area contributed by atoms with Crippen LogP contribution in [0.4, 0.5) is 0 Å². The molecule has 9 heteroatoms. The van der Waals surface area contributed by atoms with Crippen LogP contribution in [0.3, 0.4) is 0 Å². The maximum atomic E-state index is 12.2. The van der Waals surface area contributed by atoms with Gasteiger partial charge in [0, 0.05) is 12.6 Å². The Morgan fingerprint density at radius 3 is 2.95 bits per heavy atom. The molecule has 0 amide bonds. The number of carboxylic acids is 1. The van der Waals surface area contributed by atoms with Crippen molar-refractivity contribution in [2.75, 3.05) is 19.8 Å². The Morgan fingerprint density at radius 1 is 1.63 bits per heavy atom. The van der Waals surface area contributed by atoms with Crippen LogP contribution < -0.4 is 0 Å². The van der Waals surface area contributed by atoms with Crippen LogP contribution in [0, 0.1) is 6.92 Å². The van der Waals surface area contributed by atoms with Crippen molar-refractivity contribution < 1.29 is 27.6 Å². The van der Waals surface area contributed by atoms with Gasteiger partial charge in [-0.15, -0.1) is 0 Å². The predicted molar refractivity (Wildman–Crippen MR) is 62.8 cm³/mol. The van der Waals surface area contributed by atoms with Gasteiger partial charge in [0.25, 0.3) is 0 Å². The lowest BCUT2D eigenvalue weighted by molar-refractivity contribution is -0.146. The summed E-state index contributed by atoms with van der Waals surface area (Å²) in [6.07, 6.45) is 0. The molecule has 8 nitrogen and oxygen atoms in total. The van der Waals surface area contributed by atoms with E-state index in [0.717, 1.165) is 4.31 Å². The molecule has 0 saturated carbocycles. The number of carbonyl (C=O) groups is 1. The minimum absolute atomic E-state index is 0.0239. The fourth-order valence-electron chi connectivity index (χ4n) is 1.87. The fourth-order valence-corrected chi connectivity index (χ4v) is 3.44. The minimum atomic E-state index is -3.77. The van der Waals surface area contributed by atoms with Gasteiger partial charge in [0.2, 0.25) is 10.0 Å². The van der Waals surface area contributed by atoms with E-state index in [1.54, 1.807) is 6.92 Å². The van der Waals surface area contributed by atoms with Crippen LogP contribution in [0.5, 0.6) is 0 Å². The largest absolute Gasteiger partial charge is 0.480 e. The summed E-state index contributed by atoms with van der Waals surface area (Å²) in [5.41, 5.74) is 0.258. The van der Waals surface area contributed by atoms with Crippen molar-refractivity contribution in [3.8, 4) is 0 Å². The molecule has 1 N–H and O–H groups in total. The molecule has 1 aromatic heterocycles. The summed E-state index contributed by atoms with van der Waals surface area (Å²) in [5.74, 6) is -1.10. The number of aliphatic carboxylic acids is 1. The maximum Gasteiger partial charge on any atom is 0.324 e. The molecule has 0 radical (unpaired) electrons. The Labute approximate surface area is 110 Å². The topological polar surface area (TPSA) is 110 Å². The van der Waals surface area contributed by atoms with Gasteiger partial charge in [0.05, 0.1) is 13.2 Å². The highest BCUT2D eigenvalue weighted by Gasteiger charge is 2.37. The molecule has 1 aromatic rings. The lowest BCUT2D eigenvalue weighted by Gasteiger charge is -2.31. The number of hydrogen-bond donors (Lipinski definition) is 1. The average molecular weight is 290 g/mol. The first-order chi connectivity index (χ1) is 8.90. The molecule has 1 aliphatic heterocycles. The van der Waals surface area contributed by atoms with Gasteiger partial charge in [-0.1, -0.05) is 5.16 Å². The van der Waals surface area contributed by atoms with E-state index in [0.29, 0.717) is 5.76 Å². The maximum absolute atomic E-state index is 12.2. The number of rotatable bonds is 4. The Hall–Kier alpha value is -1.45. The van der Waals surface area contributed by atoms with Crippen LogP contribution in [0.1, 0.15) is 11.5 Å². The van der Waals surface area contributed by atoms with Crippen LogP contribution >= 0.6 is 0 Å². The number of nitrogens with zero attached hydrogens (tertiary/aromatic N) is 2. The smallest absolute Gasteiger partial charge is 0.324 e. The Morgan fingerprint density at radius 2 is 2.37 bits per heavy atom. The van der Waals surface area contributed by atoms with Gasteiger partial charge in [-0.2, -0.15) is 4.31 Å². The van der Waals surface area contributed by atoms with Crippen molar-refractivity contribution in [3.05, 3.63) is 17.5 Å². The molecule has 1 atom stereocenters. The number of aryl methyl sites for hydroxylation is 1. The standard InChI is InChI=1S/C10H14N2O6S/c1-7-4-8(11-18-7)6-19(15,16)12-2-3-17-5-9(12)10(13)14/h4,9H,2-3,5-6H2,1H3,(H,13,14). The SMILES string of the molecule is Cc1cc(CS(=O)(=O)N2CCOCC2C(=O)O)no1. The zero-order valence-electron chi connectivity index (χ0n) is 10.3. The van der Waals surface area contributed by atoms with Crippen LogP contribution in [-0.2, 0) is 25.3 Å². The quantitative estimate of drug-likeness (QED) is 0.803. The molecule has 0 aromatic carbocycles. The van der Waals surface area contributed by atoms with Crippen LogP contribution in [0.25, 0.3) is 0 Å². The highest BCUT2D eigenvalue weighted by molar-refractivity contribution is 7.88. The zero-order chi connectivity index (χ0) is 14.0. The second kappa shape index (κ2) is 5.27. The predicted octanol–water partition coefficient (Wildman–Crippen LogP) is -0.402. The summed E-state index contributed by atoms with van der Waals surface area (Å²) in [7, 11) is -3.77. The minimum Gasteiger partial charge on any atom is -0.480 e. The third-order valence-electron chi connectivity index (χ3n) is 2.73. The first-order valence-corrected chi connectivity index (χ1v) is 7.23. The molecule has 1 unspecified atom stereocenters. The summed E-state index contributed by atoms with van der Waals surface area (Å²) >= 11 is 0. The van der Waals surface area contributed by atoms with Gasteiger partial charge in [-0.3, -0.25) is 4.79 Å². The highest BCUT2D eigenvalue weighted by atomic mass is 32.2. The highest BCUT2D eigenvalue weighted by Crippen LogP contribution is 2.17. The van der Waals surface area contributed by atoms with E-state index >= 15 is 0 Å². The Kier molecular flexibility index (Phi) is 3.88. The lowest BCUT2D eigenvalue weighted by atomic mass is 10.3. The third kappa shape index (κ3) is 3.11.